The second-order valence-electron chi connectivity index (χ2n) is 15.9. The smallest absolute Gasteiger partial charge is 0.0463 e. The molecule has 0 bridgehead atoms. The van der Waals surface area contributed by atoms with Crippen molar-refractivity contribution in [2.45, 2.75) is 220 Å². The fraction of sp³-hybridized carbons (Fsp3) is 0.661. The van der Waals surface area contributed by atoms with E-state index in [2.05, 4.69) is 169 Å². The van der Waals surface area contributed by atoms with Crippen LogP contribution < -0.4 is 0 Å². The van der Waals surface area contributed by atoms with Crippen molar-refractivity contribution >= 4 is 16.6 Å². The molecule has 1 aromatic carbocycles. The first-order valence-electron chi connectivity index (χ1n) is 24.3. The number of hydrogen-bond donors (Lipinski definition) is 1. The summed E-state index contributed by atoms with van der Waals surface area (Å²) in [6.45, 7) is 47.4. The molecule has 1 unspecified atom stereocenters. The zero-order valence-electron chi connectivity index (χ0n) is 43.2. The Labute approximate surface area is 376 Å². The average molecular weight is 835 g/mol. The standard InChI is InChI=1S/C24H35N.C10H19N.2C6H14O.2C5H10/c1-6-9-11-14-21-22-17-18(4)15-16-23(22)25-24(21)19(5)20(12-8-3)13-10-7-2;1-5-7-9(3)11-10(4)8-6-2;2*1-3-5-7-6-4-2;2*1-4-5(2)3/h8,12-13,15-17,19,25H,6-7,9-11,14H2,1-5H3;7H,5-6,8H2,1-4H3;2*3-6H2,1-2H3;2*2,4H2,1,3H3/b12-8-,20-13+;9-7-,11-10?;;;;. The van der Waals surface area contributed by atoms with E-state index >= 15 is 0 Å². The number of rotatable bonds is 23. The normalized spacial score (nSPS) is 11.8. The molecule has 60 heavy (non-hydrogen) atoms. The van der Waals surface area contributed by atoms with Crippen LogP contribution in [0.1, 0.15) is 223 Å². The molecule has 0 amide bonds. The van der Waals surface area contributed by atoms with Crippen LogP contribution in [0.25, 0.3) is 10.9 Å². The first-order chi connectivity index (χ1) is 28.7. The zero-order chi connectivity index (χ0) is 46.6. The van der Waals surface area contributed by atoms with Crippen molar-refractivity contribution < 1.29 is 9.47 Å². The molecule has 0 fully saturated rings. The molecular formula is C56H102N2O2. The van der Waals surface area contributed by atoms with E-state index in [1.165, 1.54) is 88.7 Å². The number of benzene rings is 1. The molecule has 348 valence electrons. The van der Waals surface area contributed by atoms with Crippen LogP contribution >= 0.6 is 0 Å². The van der Waals surface area contributed by atoms with E-state index in [0.717, 1.165) is 89.9 Å². The topological polar surface area (TPSA) is 46.6 Å². The van der Waals surface area contributed by atoms with Gasteiger partial charge < -0.3 is 14.5 Å². The Kier molecular flexibility index (Phi) is 50.0. The minimum atomic E-state index is 0.409. The summed E-state index contributed by atoms with van der Waals surface area (Å²) in [6.07, 6.45) is 26.6. The lowest BCUT2D eigenvalue weighted by Crippen LogP contribution is -2.01. The van der Waals surface area contributed by atoms with Gasteiger partial charge >= 0.3 is 0 Å². The van der Waals surface area contributed by atoms with E-state index in [-0.39, 0.29) is 0 Å². The molecule has 1 atom stereocenters. The molecule has 2 aromatic rings. The highest BCUT2D eigenvalue weighted by Crippen LogP contribution is 2.34. The van der Waals surface area contributed by atoms with Crippen LogP contribution in [-0.4, -0.2) is 37.1 Å². The van der Waals surface area contributed by atoms with Gasteiger partial charge in [0.2, 0.25) is 0 Å². The first kappa shape index (κ1) is 63.7. The van der Waals surface area contributed by atoms with E-state index in [1.54, 1.807) is 0 Å². The van der Waals surface area contributed by atoms with Gasteiger partial charge in [-0.2, -0.15) is 0 Å². The van der Waals surface area contributed by atoms with Gasteiger partial charge in [-0.25, -0.2) is 0 Å². The van der Waals surface area contributed by atoms with Gasteiger partial charge in [-0.15, -0.1) is 13.2 Å². The van der Waals surface area contributed by atoms with Crippen LogP contribution in [0.15, 0.2) is 83.1 Å². The number of aryl methyl sites for hydroxylation is 2. The molecule has 1 heterocycles. The van der Waals surface area contributed by atoms with Crippen molar-refractivity contribution in [1.29, 1.82) is 0 Å². The van der Waals surface area contributed by atoms with Crippen molar-refractivity contribution in [2.24, 2.45) is 4.99 Å². The number of nitrogens with zero attached hydrogens (tertiary/aromatic N) is 1. The second kappa shape index (κ2) is 47.1. The predicted molar refractivity (Wildman–Crippen MR) is 278 cm³/mol. The Bertz CT molecular complexity index is 1370. The average Bonchev–Trinajstić information content (AvgIpc) is 3.58. The van der Waals surface area contributed by atoms with Crippen LogP contribution in [-0.2, 0) is 15.9 Å². The van der Waals surface area contributed by atoms with Gasteiger partial charge in [-0.1, -0.05) is 149 Å². The molecule has 0 spiro atoms. The molecule has 0 saturated carbocycles. The Morgan fingerprint density at radius 3 is 1.63 bits per heavy atom. The Morgan fingerprint density at radius 2 is 1.23 bits per heavy atom. The van der Waals surface area contributed by atoms with Gasteiger partial charge in [0.1, 0.15) is 0 Å². The summed E-state index contributed by atoms with van der Waals surface area (Å²) in [4.78, 5) is 8.19. The molecular weight excluding hydrogens is 733 g/mol. The van der Waals surface area contributed by atoms with Crippen LogP contribution in [0.2, 0.25) is 0 Å². The summed E-state index contributed by atoms with van der Waals surface area (Å²) in [5.41, 5.74) is 11.9. The van der Waals surface area contributed by atoms with Gasteiger partial charge in [0.15, 0.2) is 0 Å². The molecule has 1 aromatic heterocycles. The number of aromatic nitrogens is 1. The summed E-state index contributed by atoms with van der Waals surface area (Å²) in [5.74, 6) is 0.409. The molecule has 0 aliphatic heterocycles. The maximum Gasteiger partial charge on any atom is 0.0463 e. The highest BCUT2D eigenvalue weighted by atomic mass is 16.5. The van der Waals surface area contributed by atoms with E-state index < -0.39 is 0 Å². The maximum absolute atomic E-state index is 5.13. The fourth-order valence-electron chi connectivity index (χ4n) is 5.47. The number of ether oxygens (including phenoxy) is 2. The van der Waals surface area contributed by atoms with Crippen molar-refractivity contribution in [3.8, 4) is 0 Å². The van der Waals surface area contributed by atoms with Gasteiger partial charge in [-0.3, -0.25) is 4.99 Å². The minimum absolute atomic E-state index is 0.409. The molecule has 0 aliphatic rings. The van der Waals surface area contributed by atoms with Crippen LogP contribution in [0.5, 0.6) is 0 Å². The number of nitrogens with one attached hydrogen (secondary N) is 1. The number of H-pyrrole nitrogens is 1. The van der Waals surface area contributed by atoms with Crippen LogP contribution in [0.3, 0.4) is 0 Å². The molecule has 1 N–H and O–H groups in total. The lowest BCUT2D eigenvalue weighted by Gasteiger charge is -2.15. The highest BCUT2D eigenvalue weighted by molar-refractivity contribution is 5.86. The van der Waals surface area contributed by atoms with Crippen molar-refractivity contribution in [1.82, 2.24) is 4.98 Å². The molecule has 0 saturated heterocycles. The van der Waals surface area contributed by atoms with Gasteiger partial charge in [-0.05, 0) is 135 Å². The number of aliphatic imine (C=N–C) groups is 1. The van der Waals surface area contributed by atoms with Crippen LogP contribution in [0.4, 0.5) is 0 Å². The van der Waals surface area contributed by atoms with E-state index in [9.17, 15) is 0 Å². The monoisotopic (exact) mass is 835 g/mol. The first-order valence-corrected chi connectivity index (χ1v) is 24.3. The van der Waals surface area contributed by atoms with E-state index in [0.29, 0.717) is 5.92 Å². The number of allylic oxidation sites excluding steroid dienone is 8. The van der Waals surface area contributed by atoms with Gasteiger partial charge in [0, 0.05) is 60.4 Å². The van der Waals surface area contributed by atoms with Gasteiger partial charge in [0.05, 0.1) is 0 Å². The van der Waals surface area contributed by atoms with Crippen LogP contribution in [0, 0.1) is 6.92 Å². The predicted octanol–water partition coefficient (Wildman–Crippen LogP) is 18.8. The molecule has 0 radical (unpaired) electrons. The summed E-state index contributed by atoms with van der Waals surface area (Å²) in [7, 11) is 0. The third kappa shape index (κ3) is 39.2. The van der Waals surface area contributed by atoms with E-state index in [4.69, 9.17) is 9.47 Å². The Hall–Kier alpha value is -2.95. The molecule has 0 aliphatic carbocycles. The zero-order valence-corrected chi connectivity index (χ0v) is 43.2. The van der Waals surface area contributed by atoms with Crippen molar-refractivity contribution in [2.75, 3.05) is 26.4 Å². The molecule has 2 rings (SSSR count). The Morgan fingerprint density at radius 1 is 0.717 bits per heavy atom. The SMILES string of the molecule is C/C=C\C(=C/CCC)C(C)c1[nH]c2ccc(C)cc2c1CCCCC.C=C(C)CC.C=C(C)CC.CC/C=C(/C)N=C(C)CCC.CCCOCCC.CCCOCCC. The number of aromatic amines is 1. The third-order valence-electron chi connectivity index (χ3n) is 9.17. The number of fused-ring (bicyclic) bond motifs is 1. The Balaban J connectivity index is -0.000000369. The summed E-state index contributed by atoms with van der Waals surface area (Å²) in [5, 5.41) is 1.42. The molecule has 4 heteroatoms. The largest absolute Gasteiger partial charge is 0.381 e. The number of unbranched alkanes of at least 4 members (excludes halogenated alkanes) is 3. The third-order valence-corrected chi connectivity index (χ3v) is 9.17. The fourth-order valence-corrected chi connectivity index (χ4v) is 5.47. The summed E-state index contributed by atoms with van der Waals surface area (Å²) >= 11 is 0. The summed E-state index contributed by atoms with van der Waals surface area (Å²) in [6, 6.07) is 6.81. The molecule has 4 nitrogen and oxygen atoms in total. The number of hydrogen-bond acceptors (Lipinski definition) is 3. The van der Waals surface area contributed by atoms with Crippen molar-refractivity contribution in [3.05, 3.63) is 94.9 Å². The highest BCUT2D eigenvalue weighted by Gasteiger charge is 2.18. The van der Waals surface area contributed by atoms with E-state index in [1.807, 2.05) is 13.8 Å². The lowest BCUT2D eigenvalue weighted by atomic mass is 9.90. The second-order valence-corrected chi connectivity index (χ2v) is 15.9. The minimum Gasteiger partial charge on any atom is -0.381 e. The quantitative estimate of drug-likeness (QED) is 0.0525. The van der Waals surface area contributed by atoms with Gasteiger partial charge in [0.25, 0.3) is 0 Å². The summed E-state index contributed by atoms with van der Waals surface area (Å²) < 4.78 is 10.3. The van der Waals surface area contributed by atoms with Crippen molar-refractivity contribution in [3.63, 3.8) is 0 Å². The maximum atomic E-state index is 5.13. The lowest BCUT2D eigenvalue weighted by molar-refractivity contribution is 0.135.